The minimum atomic E-state index is -1.01. The van der Waals surface area contributed by atoms with Crippen LogP contribution in [0.3, 0.4) is 0 Å². The molecule has 1 unspecified atom stereocenters. The Bertz CT molecular complexity index is 1290. The molecule has 0 aliphatic carbocycles. The molecule has 1 aromatic rings. The third-order valence-electron chi connectivity index (χ3n) is 9.19. The summed E-state index contributed by atoms with van der Waals surface area (Å²) in [6.07, 6.45) is 6.09. The number of fused-ring (bicyclic) bond motifs is 1. The van der Waals surface area contributed by atoms with Crippen LogP contribution in [0.25, 0.3) is 0 Å². The van der Waals surface area contributed by atoms with E-state index in [0.29, 0.717) is 77.4 Å². The molecule has 0 radical (unpaired) electrons. The summed E-state index contributed by atoms with van der Waals surface area (Å²) in [5.41, 5.74) is 6.49. The quantitative estimate of drug-likeness (QED) is 0.242. The third kappa shape index (κ3) is 6.94. The summed E-state index contributed by atoms with van der Waals surface area (Å²) in [5, 5.41) is 5.49. The molecule has 238 valence electrons. The smallest absolute Gasteiger partial charge is 0.264 e. The average molecular weight is 610 g/mol. The number of imide groups is 2. The molecule has 6 amide bonds. The highest BCUT2D eigenvalue weighted by Gasteiger charge is 2.45. The monoisotopic (exact) mass is 609 g/mol. The van der Waals surface area contributed by atoms with E-state index in [9.17, 15) is 28.8 Å². The molecule has 13 nitrogen and oxygen atoms in total. The van der Waals surface area contributed by atoms with Crippen molar-refractivity contribution >= 4 is 41.1 Å². The van der Waals surface area contributed by atoms with Crippen molar-refractivity contribution in [1.29, 1.82) is 0 Å². The Morgan fingerprint density at radius 1 is 0.864 bits per heavy atom. The van der Waals surface area contributed by atoms with Gasteiger partial charge in [-0.05, 0) is 50.8 Å². The molecule has 5 rings (SSSR count). The molecule has 3 fully saturated rings. The van der Waals surface area contributed by atoms with Crippen LogP contribution in [0, 0.1) is 5.92 Å². The van der Waals surface area contributed by atoms with E-state index >= 15 is 0 Å². The number of hydrogen-bond donors (Lipinski definition) is 3. The van der Waals surface area contributed by atoms with Crippen LogP contribution >= 0.6 is 0 Å². The largest absolute Gasteiger partial charge is 0.372 e. The van der Waals surface area contributed by atoms with E-state index in [4.69, 9.17) is 5.73 Å². The van der Waals surface area contributed by atoms with Gasteiger partial charge in [-0.2, -0.15) is 0 Å². The molecule has 4 aliphatic rings. The van der Waals surface area contributed by atoms with Crippen molar-refractivity contribution < 1.29 is 28.8 Å². The number of unbranched alkanes of at least 4 members (excludes halogenated alkanes) is 3. The summed E-state index contributed by atoms with van der Waals surface area (Å²) in [6.45, 7) is 4.88. The summed E-state index contributed by atoms with van der Waals surface area (Å²) < 4.78 is 0. The molecule has 0 spiro atoms. The van der Waals surface area contributed by atoms with Crippen molar-refractivity contribution in [2.75, 3.05) is 57.8 Å². The van der Waals surface area contributed by atoms with Gasteiger partial charge in [-0.25, -0.2) is 0 Å². The van der Waals surface area contributed by atoms with Crippen LogP contribution in [0.1, 0.15) is 78.5 Å². The van der Waals surface area contributed by atoms with Gasteiger partial charge in [0.05, 0.1) is 17.8 Å². The summed E-state index contributed by atoms with van der Waals surface area (Å²) in [7, 11) is 0. The Kier molecular flexibility index (Phi) is 10.3. The number of amides is 6. The molecule has 13 heteroatoms. The van der Waals surface area contributed by atoms with Gasteiger partial charge < -0.3 is 20.9 Å². The molecule has 1 atom stereocenters. The van der Waals surface area contributed by atoms with E-state index < -0.39 is 29.7 Å². The molecule has 3 saturated heterocycles. The number of likely N-dealkylation sites (tertiary alicyclic amines) is 1. The van der Waals surface area contributed by atoms with Gasteiger partial charge in [0, 0.05) is 63.7 Å². The molecular weight excluding hydrogens is 566 g/mol. The lowest BCUT2D eigenvalue weighted by Gasteiger charge is -2.38. The highest BCUT2D eigenvalue weighted by atomic mass is 16.2. The van der Waals surface area contributed by atoms with Crippen LogP contribution in [0.15, 0.2) is 18.2 Å². The highest BCUT2D eigenvalue weighted by molar-refractivity contribution is 6.25. The van der Waals surface area contributed by atoms with E-state index in [2.05, 4.69) is 15.5 Å². The summed E-state index contributed by atoms with van der Waals surface area (Å²) >= 11 is 0. The summed E-state index contributed by atoms with van der Waals surface area (Å²) in [5.74, 6) is -1.85. The second-order valence-corrected chi connectivity index (χ2v) is 12.1. The maximum absolute atomic E-state index is 13.3. The number of nitrogens with one attached hydrogen (secondary N) is 2. The Morgan fingerprint density at radius 3 is 2.30 bits per heavy atom. The van der Waals surface area contributed by atoms with E-state index in [1.165, 1.54) is 0 Å². The van der Waals surface area contributed by atoms with Crippen LogP contribution in [0.2, 0.25) is 0 Å². The zero-order chi connectivity index (χ0) is 31.2. The average Bonchev–Trinajstić information content (AvgIpc) is 3.29. The molecule has 4 heterocycles. The van der Waals surface area contributed by atoms with Gasteiger partial charge in [-0.15, -0.1) is 0 Å². The Balaban J connectivity index is 1.07. The van der Waals surface area contributed by atoms with Crippen molar-refractivity contribution in [3.63, 3.8) is 0 Å². The maximum Gasteiger partial charge on any atom is 0.264 e. The topological polar surface area (TPSA) is 165 Å². The first kappa shape index (κ1) is 31.6. The molecule has 1 aromatic carbocycles. The van der Waals surface area contributed by atoms with Gasteiger partial charge >= 0.3 is 0 Å². The lowest BCUT2D eigenvalue weighted by Crippen LogP contribution is -2.54. The number of anilines is 1. The number of piperazine rings is 1. The number of benzene rings is 1. The van der Waals surface area contributed by atoms with Crippen LogP contribution < -0.4 is 16.4 Å². The van der Waals surface area contributed by atoms with Gasteiger partial charge in [-0.3, -0.25) is 43.9 Å². The van der Waals surface area contributed by atoms with E-state index in [1.54, 1.807) is 18.2 Å². The van der Waals surface area contributed by atoms with Crippen molar-refractivity contribution in [3.05, 3.63) is 29.3 Å². The fourth-order valence-electron chi connectivity index (χ4n) is 6.55. The first-order valence-electron chi connectivity index (χ1n) is 15.9. The minimum Gasteiger partial charge on any atom is -0.372 e. The third-order valence-corrected chi connectivity index (χ3v) is 9.19. The number of nitrogens with zero attached hydrogens (tertiary/aromatic N) is 4. The van der Waals surface area contributed by atoms with Gasteiger partial charge in [0.25, 0.3) is 11.8 Å². The van der Waals surface area contributed by atoms with E-state index in [-0.39, 0.29) is 41.7 Å². The number of carbonyl (C=O) groups excluding carboxylic acids is 6. The molecule has 44 heavy (non-hydrogen) atoms. The predicted octanol–water partition coefficient (Wildman–Crippen LogP) is 0.749. The lowest BCUT2D eigenvalue weighted by atomic mass is 9.94. The minimum absolute atomic E-state index is 0.0592. The SMILES string of the molecule is NCCCCCCC(=O)N1CCC(C(=O)N2CCN(CNc3cccc4c3C(=O)N(C3CCC(=O)NC3=O)C4=O)CC2)CC1. The summed E-state index contributed by atoms with van der Waals surface area (Å²) in [4.78, 5) is 83.1. The Morgan fingerprint density at radius 2 is 1.59 bits per heavy atom. The fourth-order valence-corrected chi connectivity index (χ4v) is 6.55. The number of carbonyl (C=O) groups is 6. The van der Waals surface area contributed by atoms with Crippen LogP contribution in [-0.2, 0) is 19.2 Å². The predicted molar refractivity (Wildman–Crippen MR) is 161 cm³/mol. The maximum atomic E-state index is 13.3. The van der Waals surface area contributed by atoms with Crippen LogP contribution in [0.5, 0.6) is 0 Å². The number of hydrogen-bond acceptors (Lipinski definition) is 9. The standard InChI is InChI=1S/C31H43N7O6/c32-13-4-2-1-3-8-26(40)36-14-11-21(12-15-36)29(42)37-18-16-35(17-19-37)20-33-23-7-5-6-22-27(23)31(44)38(30(22)43)24-9-10-25(39)34-28(24)41/h5-7,21,24,33H,1-4,8-20,32H2,(H,34,39,41). The summed E-state index contributed by atoms with van der Waals surface area (Å²) in [6, 6.07) is 3.99. The molecule has 0 bridgehead atoms. The van der Waals surface area contributed by atoms with Crippen LogP contribution in [-0.4, -0.2) is 114 Å². The van der Waals surface area contributed by atoms with Crippen molar-refractivity contribution in [1.82, 2.24) is 24.9 Å². The second-order valence-electron chi connectivity index (χ2n) is 12.1. The van der Waals surface area contributed by atoms with E-state index in [0.717, 1.165) is 30.6 Å². The number of piperidine rings is 2. The molecular formula is C31H43N7O6. The van der Waals surface area contributed by atoms with Crippen LogP contribution in [0.4, 0.5) is 5.69 Å². The van der Waals surface area contributed by atoms with Crippen molar-refractivity contribution in [2.45, 2.75) is 63.8 Å². The first-order chi connectivity index (χ1) is 21.3. The molecule has 0 aromatic heterocycles. The van der Waals surface area contributed by atoms with Crippen molar-refractivity contribution in [3.8, 4) is 0 Å². The zero-order valence-electron chi connectivity index (χ0n) is 25.2. The molecule has 4 aliphatic heterocycles. The lowest BCUT2D eigenvalue weighted by molar-refractivity contribution is -0.142. The zero-order valence-corrected chi connectivity index (χ0v) is 25.2. The number of rotatable bonds is 11. The molecule has 4 N–H and O–H groups in total. The molecule has 0 saturated carbocycles. The Hall–Kier alpha value is -3.84. The van der Waals surface area contributed by atoms with Gasteiger partial charge in [0.15, 0.2) is 0 Å². The fraction of sp³-hybridized carbons (Fsp3) is 0.613. The second kappa shape index (κ2) is 14.3. The Labute approximate surface area is 257 Å². The highest BCUT2D eigenvalue weighted by Crippen LogP contribution is 2.32. The number of nitrogens with two attached hydrogens (primary N) is 1. The van der Waals surface area contributed by atoms with E-state index in [1.807, 2.05) is 9.80 Å². The van der Waals surface area contributed by atoms with Gasteiger partial charge in [-0.1, -0.05) is 18.9 Å². The normalized spacial score (nSPS) is 21.5. The van der Waals surface area contributed by atoms with Crippen molar-refractivity contribution in [2.24, 2.45) is 11.7 Å². The van der Waals surface area contributed by atoms with Gasteiger partial charge in [0.2, 0.25) is 23.6 Å². The van der Waals surface area contributed by atoms with Gasteiger partial charge in [0.1, 0.15) is 6.04 Å². The first-order valence-corrected chi connectivity index (χ1v) is 15.9.